The summed E-state index contributed by atoms with van der Waals surface area (Å²) in [5, 5.41) is 16.3. The Morgan fingerprint density at radius 1 is 1.24 bits per heavy atom. The maximum Gasteiger partial charge on any atom is 0.393 e. The molecule has 2 heterocycles. The molecule has 2 amide bonds. The highest BCUT2D eigenvalue weighted by Crippen LogP contribution is 2.32. The van der Waals surface area contributed by atoms with Crippen LogP contribution in [0.15, 0.2) is 23.7 Å². The second-order valence-corrected chi connectivity index (χ2v) is 11.8. The largest absolute Gasteiger partial charge is 0.393 e. The molecule has 1 aliphatic rings. The van der Waals surface area contributed by atoms with Crippen LogP contribution < -0.4 is 10.6 Å². The van der Waals surface area contributed by atoms with Gasteiger partial charge in [0.15, 0.2) is 0 Å². The predicted molar refractivity (Wildman–Crippen MR) is 142 cm³/mol. The van der Waals surface area contributed by atoms with Crippen LogP contribution in [-0.4, -0.2) is 64.3 Å². The summed E-state index contributed by atoms with van der Waals surface area (Å²) in [5.74, 6) is -0.775. The fourth-order valence-corrected chi connectivity index (χ4v) is 5.53. The number of aromatic nitrogens is 1. The number of benzene rings is 1. The van der Waals surface area contributed by atoms with Gasteiger partial charge in [-0.1, -0.05) is 39.8 Å². The number of halogens is 3. The highest BCUT2D eigenvalue weighted by molar-refractivity contribution is 7.13. The number of aliphatic hydroxyl groups excluding tert-OH is 1. The summed E-state index contributed by atoms with van der Waals surface area (Å²) in [7, 11) is 0. The Bertz CT molecular complexity index is 1130. The lowest BCUT2D eigenvalue weighted by atomic mass is 9.85. The Hall–Kier alpha value is -2.50. The van der Waals surface area contributed by atoms with Crippen molar-refractivity contribution in [3.63, 3.8) is 0 Å². The van der Waals surface area contributed by atoms with Gasteiger partial charge in [-0.25, -0.2) is 4.98 Å². The molecule has 0 bridgehead atoms. The quantitative estimate of drug-likeness (QED) is 0.432. The van der Waals surface area contributed by atoms with Crippen LogP contribution in [0.1, 0.15) is 57.4 Å². The molecule has 2 aromatic rings. The molecule has 11 heteroatoms. The molecule has 7 nitrogen and oxygen atoms in total. The molecule has 3 N–H and O–H groups in total. The molecule has 0 radical (unpaired) electrons. The van der Waals surface area contributed by atoms with Crippen LogP contribution in [0.25, 0.3) is 10.4 Å². The second kappa shape index (κ2) is 12.1. The van der Waals surface area contributed by atoms with Crippen LogP contribution in [0.2, 0.25) is 0 Å². The van der Waals surface area contributed by atoms with Crippen molar-refractivity contribution in [2.24, 2.45) is 5.41 Å². The number of β-amino-alcohol motifs (C(OH)–C–C–N with tert-alkyl or cyclic N) is 1. The number of alkyl halides is 3. The summed E-state index contributed by atoms with van der Waals surface area (Å²) < 4.78 is 40.2. The fraction of sp³-hybridized carbons (Fsp3) is 0.593. The number of aliphatic hydroxyl groups is 1. The van der Waals surface area contributed by atoms with E-state index in [0.29, 0.717) is 17.7 Å². The molecule has 1 aliphatic heterocycles. The molecule has 0 saturated carbocycles. The number of nitrogens with zero attached hydrogens (tertiary/aromatic N) is 2. The van der Waals surface area contributed by atoms with Gasteiger partial charge in [0.05, 0.1) is 34.6 Å². The SMILES string of the molecule is CCCN[C@H](C(=O)N1C[C@H](O)C[C@H]1C(=O)NCc1ccc(-c2scnc2C)cc1CC(F)(F)F)C(C)(C)C. The number of amides is 2. The molecule has 0 unspecified atom stereocenters. The number of carbonyl (C=O) groups is 2. The van der Waals surface area contributed by atoms with E-state index in [9.17, 15) is 27.9 Å². The highest BCUT2D eigenvalue weighted by Gasteiger charge is 2.43. The molecule has 1 aromatic heterocycles. The Morgan fingerprint density at radius 3 is 2.53 bits per heavy atom. The first-order chi connectivity index (χ1) is 17.7. The van der Waals surface area contributed by atoms with E-state index in [1.807, 2.05) is 27.7 Å². The van der Waals surface area contributed by atoms with Gasteiger partial charge in [0.1, 0.15) is 6.04 Å². The van der Waals surface area contributed by atoms with Crippen molar-refractivity contribution < 1.29 is 27.9 Å². The summed E-state index contributed by atoms with van der Waals surface area (Å²) >= 11 is 1.35. The second-order valence-electron chi connectivity index (χ2n) is 10.9. The van der Waals surface area contributed by atoms with E-state index in [-0.39, 0.29) is 31.0 Å². The zero-order chi connectivity index (χ0) is 28.3. The van der Waals surface area contributed by atoms with Crippen molar-refractivity contribution in [2.45, 2.75) is 84.8 Å². The van der Waals surface area contributed by atoms with E-state index < -0.39 is 42.1 Å². The Morgan fingerprint density at radius 2 is 1.95 bits per heavy atom. The standard InChI is InChI=1S/C27H37F3N4O3S/c1-6-9-31-23(26(3,4)5)25(37)34-14-20(35)11-21(34)24(36)32-13-18-8-7-17(22-16(2)33-15-38-22)10-19(18)12-27(28,29)30/h7-8,10,15,20-21,23,31,35H,6,9,11-14H2,1-5H3,(H,32,36)/t20-,21+,23-/m1/s1. The topological polar surface area (TPSA) is 94.6 Å². The number of hydrogen-bond acceptors (Lipinski definition) is 6. The van der Waals surface area contributed by atoms with Gasteiger partial charge in [0.2, 0.25) is 11.8 Å². The van der Waals surface area contributed by atoms with E-state index in [1.54, 1.807) is 24.6 Å². The van der Waals surface area contributed by atoms with E-state index in [4.69, 9.17) is 0 Å². The van der Waals surface area contributed by atoms with Crippen LogP contribution in [0, 0.1) is 12.3 Å². The number of likely N-dealkylation sites (tertiary alicyclic amines) is 1. The molecular weight excluding hydrogens is 517 g/mol. The molecule has 1 saturated heterocycles. The van der Waals surface area contributed by atoms with Crippen molar-refractivity contribution in [3.05, 3.63) is 40.5 Å². The van der Waals surface area contributed by atoms with E-state index in [1.165, 1.54) is 22.3 Å². The molecule has 0 spiro atoms. The maximum atomic E-state index is 13.5. The van der Waals surface area contributed by atoms with Gasteiger partial charge < -0.3 is 20.6 Å². The molecular formula is C27H37F3N4O3S. The molecule has 210 valence electrons. The first-order valence-corrected chi connectivity index (χ1v) is 13.7. The number of nitrogens with one attached hydrogen (secondary N) is 2. The van der Waals surface area contributed by atoms with Crippen molar-refractivity contribution in [1.29, 1.82) is 0 Å². The molecule has 1 aromatic carbocycles. The predicted octanol–water partition coefficient (Wildman–Crippen LogP) is 4.22. The lowest BCUT2D eigenvalue weighted by molar-refractivity contribution is -0.142. The van der Waals surface area contributed by atoms with Gasteiger partial charge >= 0.3 is 6.18 Å². The average Bonchev–Trinajstić information content (AvgIpc) is 3.41. The Balaban J connectivity index is 1.79. The van der Waals surface area contributed by atoms with Gasteiger partial charge in [-0.15, -0.1) is 11.3 Å². The number of hydrogen-bond donors (Lipinski definition) is 3. The minimum atomic E-state index is -4.42. The lowest BCUT2D eigenvalue weighted by Crippen LogP contribution is -2.56. The Labute approximate surface area is 225 Å². The zero-order valence-electron chi connectivity index (χ0n) is 22.5. The summed E-state index contributed by atoms with van der Waals surface area (Å²) in [6, 6.07) is 3.36. The van der Waals surface area contributed by atoms with Gasteiger partial charge in [-0.3, -0.25) is 9.59 Å². The molecule has 38 heavy (non-hydrogen) atoms. The molecule has 0 aliphatic carbocycles. The number of aryl methyl sites for hydroxylation is 1. The van der Waals surface area contributed by atoms with Crippen molar-refractivity contribution in [3.8, 4) is 10.4 Å². The van der Waals surface area contributed by atoms with Crippen molar-refractivity contribution in [2.75, 3.05) is 13.1 Å². The van der Waals surface area contributed by atoms with Crippen LogP contribution in [0.3, 0.4) is 0 Å². The van der Waals surface area contributed by atoms with Crippen LogP contribution >= 0.6 is 11.3 Å². The minimum Gasteiger partial charge on any atom is -0.391 e. The first kappa shape index (κ1) is 30.0. The normalized spacial score (nSPS) is 19.0. The molecule has 3 atom stereocenters. The van der Waals surface area contributed by atoms with Crippen LogP contribution in [0.4, 0.5) is 13.2 Å². The van der Waals surface area contributed by atoms with Crippen molar-refractivity contribution in [1.82, 2.24) is 20.5 Å². The van der Waals surface area contributed by atoms with Crippen molar-refractivity contribution >= 4 is 23.2 Å². The lowest BCUT2D eigenvalue weighted by Gasteiger charge is -2.35. The smallest absolute Gasteiger partial charge is 0.391 e. The van der Waals surface area contributed by atoms with Gasteiger partial charge in [-0.2, -0.15) is 13.2 Å². The Kier molecular flexibility index (Phi) is 9.59. The first-order valence-electron chi connectivity index (χ1n) is 12.8. The maximum absolute atomic E-state index is 13.5. The highest BCUT2D eigenvalue weighted by atomic mass is 32.1. The van der Waals surface area contributed by atoms with Gasteiger partial charge in [0.25, 0.3) is 0 Å². The molecule has 3 rings (SSSR count). The average molecular weight is 555 g/mol. The zero-order valence-corrected chi connectivity index (χ0v) is 23.3. The van der Waals surface area contributed by atoms with E-state index in [0.717, 1.165) is 17.0 Å². The summed E-state index contributed by atoms with van der Waals surface area (Å²) in [4.78, 5) is 33.0. The van der Waals surface area contributed by atoms with Gasteiger partial charge in [-0.05, 0) is 48.1 Å². The minimum absolute atomic E-state index is 0.0273. The number of thiazole rings is 1. The summed E-state index contributed by atoms with van der Waals surface area (Å²) in [5.41, 5.74) is 3.01. The molecule has 1 fully saturated rings. The third-order valence-corrected chi connectivity index (χ3v) is 7.61. The number of carbonyl (C=O) groups excluding carboxylic acids is 2. The van der Waals surface area contributed by atoms with Gasteiger partial charge in [0, 0.05) is 19.5 Å². The number of rotatable bonds is 9. The van der Waals surface area contributed by atoms with E-state index >= 15 is 0 Å². The van der Waals surface area contributed by atoms with Crippen LogP contribution in [0.5, 0.6) is 0 Å². The third kappa shape index (κ3) is 7.54. The van der Waals surface area contributed by atoms with E-state index in [2.05, 4.69) is 15.6 Å². The summed E-state index contributed by atoms with van der Waals surface area (Å²) in [6.07, 6.45) is -5.52. The fourth-order valence-electron chi connectivity index (χ4n) is 4.72. The van der Waals surface area contributed by atoms with Crippen LogP contribution in [-0.2, 0) is 22.6 Å². The summed E-state index contributed by atoms with van der Waals surface area (Å²) in [6.45, 7) is 10.1. The monoisotopic (exact) mass is 554 g/mol. The third-order valence-electron chi connectivity index (χ3n) is 6.63.